The zero-order chi connectivity index (χ0) is 23.2. The molecule has 4 heterocycles. The van der Waals surface area contributed by atoms with Crippen LogP contribution in [0.2, 0.25) is 0 Å². The maximum atomic E-state index is 3.92. The van der Waals surface area contributed by atoms with Crippen molar-refractivity contribution in [1.82, 2.24) is 35.1 Å². The Kier molecular flexibility index (Phi) is 16.1. The third kappa shape index (κ3) is 13.0. The summed E-state index contributed by atoms with van der Waals surface area (Å²) >= 11 is 3.36. The monoisotopic (exact) mass is 559 g/mol. The SMILES string of the molecule is CN(C)CCN(C)CCN(C)C.[Sr+2].c1csc(-c2cc[n-]n2)c1.c1csc(-c2cc[n-]n2)c1. The standard InChI is InChI=1S/C9H23N3.2C7H5N2S.Sr/c1-10(2)6-8-12(5)9-7-11(3)4;2*1-2-7(10-5-1)6-3-4-8-9-6;/h6-9H2,1-5H3;2*1-5H;/q;2*-1;+2. The van der Waals surface area contributed by atoms with Crippen molar-refractivity contribution in [3.05, 3.63) is 59.6 Å². The Balaban J connectivity index is 0.000000244. The molecule has 33 heavy (non-hydrogen) atoms. The molecule has 0 N–H and O–H groups in total. The number of aromatic nitrogens is 4. The maximum absolute atomic E-state index is 3.92. The van der Waals surface area contributed by atoms with Gasteiger partial charge >= 0.3 is 45.5 Å². The second-order valence-corrected chi connectivity index (χ2v) is 9.59. The molecule has 0 spiro atoms. The summed E-state index contributed by atoms with van der Waals surface area (Å²) in [7, 11) is 10.6. The van der Waals surface area contributed by atoms with Gasteiger partial charge in [0.15, 0.2) is 0 Å². The summed E-state index contributed by atoms with van der Waals surface area (Å²) in [5.74, 6) is 0. The Labute approximate surface area is 243 Å². The quantitative estimate of drug-likeness (QED) is 0.308. The van der Waals surface area contributed by atoms with Crippen molar-refractivity contribution in [2.75, 3.05) is 61.4 Å². The van der Waals surface area contributed by atoms with Gasteiger partial charge in [-0.1, -0.05) is 24.3 Å². The van der Waals surface area contributed by atoms with E-state index < -0.39 is 0 Å². The third-order valence-corrected chi connectivity index (χ3v) is 6.12. The van der Waals surface area contributed by atoms with Crippen molar-refractivity contribution in [2.45, 2.75) is 0 Å². The van der Waals surface area contributed by atoms with E-state index in [1.807, 2.05) is 47.2 Å². The van der Waals surface area contributed by atoms with Crippen LogP contribution < -0.4 is 10.2 Å². The Hall–Kier alpha value is -0.819. The minimum absolute atomic E-state index is 0. The number of likely N-dealkylation sites (N-methyl/N-ethyl adjacent to an activating group) is 3. The zero-order valence-corrected chi connectivity index (χ0v) is 25.4. The molecule has 0 fully saturated rings. The van der Waals surface area contributed by atoms with Gasteiger partial charge in [0.1, 0.15) is 0 Å². The first-order chi connectivity index (χ1) is 15.5. The average Bonchev–Trinajstić information content (AvgIpc) is 3.59. The molecule has 0 unspecified atom stereocenters. The van der Waals surface area contributed by atoms with E-state index in [-0.39, 0.29) is 45.5 Å². The van der Waals surface area contributed by atoms with Crippen LogP contribution in [0, 0.1) is 0 Å². The Morgan fingerprint density at radius 2 is 1.09 bits per heavy atom. The predicted molar refractivity (Wildman–Crippen MR) is 142 cm³/mol. The van der Waals surface area contributed by atoms with Crippen LogP contribution in [0.1, 0.15) is 0 Å². The molecule has 0 amide bonds. The van der Waals surface area contributed by atoms with E-state index in [1.165, 1.54) is 9.75 Å². The van der Waals surface area contributed by atoms with Crippen LogP contribution in [0.5, 0.6) is 0 Å². The molecular weight excluding hydrogens is 526 g/mol. The first-order valence-electron chi connectivity index (χ1n) is 10.4. The number of hydrogen-bond acceptors (Lipinski definition) is 7. The van der Waals surface area contributed by atoms with E-state index in [9.17, 15) is 0 Å². The minimum Gasteiger partial charge on any atom is -0.581 e. The Bertz CT molecular complexity index is 766. The molecule has 0 aliphatic carbocycles. The van der Waals surface area contributed by atoms with Crippen molar-refractivity contribution in [2.24, 2.45) is 0 Å². The van der Waals surface area contributed by atoms with Crippen molar-refractivity contribution in [1.29, 1.82) is 0 Å². The largest absolute Gasteiger partial charge is 2.00 e. The molecule has 4 rings (SSSR count). The van der Waals surface area contributed by atoms with E-state index >= 15 is 0 Å². The van der Waals surface area contributed by atoms with Gasteiger partial charge in [0, 0.05) is 26.2 Å². The van der Waals surface area contributed by atoms with Crippen LogP contribution in [0.3, 0.4) is 0 Å². The van der Waals surface area contributed by atoms with Crippen LogP contribution in [-0.2, 0) is 0 Å². The first kappa shape index (κ1) is 30.2. The summed E-state index contributed by atoms with van der Waals surface area (Å²) in [6.45, 7) is 4.59. The summed E-state index contributed by atoms with van der Waals surface area (Å²) in [4.78, 5) is 9.15. The fourth-order valence-corrected chi connectivity index (χ4v) is 3.81. The molecule has 0 radical (unpaired) electrons. The van der Waals surface area contributed by atoms with Crippen molar-refractivity contribution in [3.8, 4) is 21.1 Å². The van der Waals surface area contributed by atoms with Gasteiger partial charge in [-0.3, -0.25) is 0 Å². The Morgan fingerprint density at radius 1 is 0.667 bits per heavy atom. The van der Waals surface area contributed by atoms with Crippen molar-refractivity contribution in [3.63, 3.8) is 0 Å². The molecule has 4 aromatic rings. The van der Waals surface area contributed by atoms with Gasteiger partial charge in [0.25, 0.3) is 0 Å². The molecule has 0 saturated heterocycles. The van der Waals surface area contributed by atoms with Crippen molar-refractivity contribution >= 4 is 68.2 Å². The summed E-state index contributed by atoms with van der Waals surface area (Å²) in [5, 5.41) is 19.4. The van der Waals surface area contributed by atoms with Crippen molar-refractivity contribution < 1.29 is 0 Å². The molecule has 0 aliphatic heterocycles. The summed E-state index contributed by atoms with van der Waals surface area (Å²) in [6, 6.07) is 11.9. The van der Waals surface area contributed by atoms with E-state index in [0.717, 1.165) is 37.6 Å². The molecule has 0 aromatic carbocycles. The topological polar surface area (TPSA) is 63.7 Å². The second-order valence-electron chi connectivity index (χ2n) is 7.70. The predicted octanol–water partition coefficient (Wildman–Crippen LogP) is 3.20. The summed E-state index contributed by atoms with van der Waals surface area (Å²) in [6.07, 6.45) is 3.41. The van der Waals surface area contributed by atoms with Crippen LogP contribution in [-0.4, -0.2) is 132 Å². The smallest absolute Gasteiger partial charge is 0.581 e. The maximum Gasteiger partial charge on any atom is 2.00 e. The van der Waals surface area contributed by atoms with Crippen LogP contribution in [0.15, 0.2) is 59.6 Å². The molecule has 4 aromatic heterocycles. The fourth-order valence-electron chi connectivity index (χ4n) is 2.43. The van der Waals surface area contributed by atoms with Crippen LogP contribution in [0.4, 0.5) is 0 Å². The van der Waals surface area contributed by atoms with E-state index in [2.05, 4.69) is 70.3 Å². The second kappa shape index (κ2) is 17.6. The van der Waals surface area contributed by atoms with Gasteiger partial charge in [-0.15, -0.1) is 22.7 Å². The molecule has 7 nitrogen and oxygen atoms in total. The number of nitrogens with zero attached hydrogens (tertiary/aromatic N) is 7. The van der Waals surface area contributed by atoms with Gasteiger partial charge < -0.3 is 35.1 Å². The minimum atomic E-state index is 0. The first-order valence-corrected chi connectivity index (χ1v) is 12.2. The van der Waals surface area contributed by atoms with Gasteiger partial charge in [-0.05, 0) is 58.1 Å². The van der Waals surface area contributed by atoms with Gasteiger partial charge in [-0.2, -0.15) is 12.4 Å². The summed E-state index contributed by atoms with van der Waals surface area (Å²) in [5.41, 5.74) is 1.94. The average molecular weight is 559 g/mol. The molecule has 10 heteroatoms. The molecule has 0 aliphatic rings. The van der Waals surface area contributed by atoms with E-state index in [0.29, 0.717) is 0 Å². The molecule has 0 bridgehead atoms. The Morgan fingerprint density at radius 3 is 1.36 bits per heavy atom. The molecule has 0 atom stereocenters. The number of hydrogen-bond donors (Lipinski definition) is 0. The summed E-state index contributed by atoms with van der Waals surface area (Å²) < 4.78 is 0. The molecule has 0 saturated carbocycles. The zero-order valence-electron chi connectivity index (χ0n) is 20.3. The van der Waals surface area contributed by atoms with Gasteiger partial charge in [0.05, 0.1) is 21.1 Å². The third-order valence-electron chi connectivity index (χ3n) is 4.33. The van der Waals surface area contributed by atoms with Crippen LogP contribution >= 0.6 is 22.7 Å². The number of rotatable bonds is 8. The molecular formula is C23H33N7S2Sr. The van der Waals surface area contributed by atoms with Gasteiger partial charge in [-0.25, -0.2) is 0 Å². The van der Waals surface area contributed by atoms with Gasteiger partial charge in [0.2, 0.25) is 0 Å². The molecule has 174 valence electrons. The normalized spacial score (nSPS) is 10.4. The van der Waals surface area contributed by atoms with E-state index in [4.69, 9.17) is 0 Å². The van der Waals surface area contributed by atoms with E-state index in [1.54, 1.807) is 35.1 Å². The number of thiophene rings is 2. The fraction of sp³-hybridized carbons (Fsp3) is 0.391. The van der Waals surface area contributed by atoms with Crippen LogP contribution in [0.25, 0.3) is 21.1 Å².